The second kappa shape index (κ2) is 12.7. The third-order valence-corrected chi connectivity index (χ3v) is 4.01. The second-order valence-corrected chi connectivity index (χ2v) is 6.39. The summed E-state index contributed by atoms with van der Waals surface area (Å²) in [5.74, 6) is -1.42. The molecule has 0 fully saturated rings. The molecule has 4 nitrogen and oxygen atoms in total. The van der Waals surface area contributed by atoms with E-state index in [1.165, 1.54) is 11.1 Å². The van der Waals surface area contributed by atoms with Gasteiger partial charge < -0.3 is 14.9 Å². The normalized spacial score (nSPS) is 10.7. The minimum absolute atomic E-state index is 0.212. The van der Waals surface area contributed by atoms with Crippen molar-refractivity contribution in [3.8, 4) is 0 Å². The number of rotatable bonds is 8. The number of carbonyl (C=O) groups excluding carboxylic acids is 1. The van der Waals surface area contributed by atoms with Gasteiger partial charge in [0.2, 0.25) is 0 Å². The predicted molar refractivity (Wildman–Crippen MR) is 102 cm³/mol. The molecule has 0 unspecified atom stereocenters. The molecule has 0 atom stereocenters. The highest BCUT2D eigenvalue weighted by atomic mass is 127. The van der Waals surface area contributed by atoms with E-state index < -0.39 is 5.79 Å². The standard InChI is InChI=1S/C13H17IO2.C5H12O2/c1-11-7-4-5-9-12(11)8-3-2-6-10-16-13(14)15;1-3-5(6,7)4-2/h4-5,7,9H,2-3,6,8,10H2,1H3;6-7H,3-4H2,1-2H3. The molecule has 23 heavy (non-hydrogen) atoms. The van der Waals surface area contributed by atoms with Crippen LogP contribution in [0.4, 0.5) is 4.79 Å². The van der Waals surface area contributed by atoms with Gasteiger partial charge in [0, 0.05) is 0 Å². The molecule has 1 aromatic rings. The number of hydrogen-bond acceptors (Lipinski definition) is 4. The smallest absolute Gasteiger partial charge is 0.367 e. The molecule has 0 aliphatic rings. The summed E-state index contributed by atoms with van der Waals surface area (Å²) >= 11 is 1.66. The van der Waals surface area contributed by atoms with E-state index in [1.807, 2.05) is 0 Å². The van der Waals surface area contributed by atoms with Crippen LogP contribution in [0.25, 0.3) is 0 Å². The van der Waals surface area contributed by atoms with Crippen molar-refractivity contribution in [3.63, 3.8) is 0 Å². The van der Waals surface area contributed by atoms with Gasteiger partial charge in [-0.1, -0.05) is 38.1 Å². The molecule has 0 radical (unpaired) electrons. The molecule has 0 spiro atoms. The highest BCUT2D eigenvalue weighted by Crippen LogP contribution is 2.11. The minimum atomic E-state index is -1.42. The maximum Gasteiger partial charge on any atom is 0.367 e. The van der Waals surface area contributed by atoms with Crippen LogP contribution in [0.2, 0.25) is 0 Å². The zero-order chi connectivity index (χ0) is 17.7. The maximum absolute atomic E-state index is 10.5. The number of aryl methyl sites for hydroxylation is 2. The van der Waals surface area contributed by atoms with Crippen molar-refractivity contribution in [1.29, 1.82) is 0 Å². The van der Waals surface area contributed by atoms with Crippen LogP contribution in [-0.2, 0) is 11.2 Å². The Morgan fingerprint density at radius 1 is 1.13 bits per heavy atom. The quantitative estimate of drug-likeness (QED) is 0.267. The van der Waals surface area contributed by atoms with Crippen molar-refractivity contribution in [2.45, 2.75) is 65.1 Å². The lowest BCUT2D eigenvalue weighted by Crippen LogP contribution is -2.24. The summed E-state index contributed by atoms with van der Waals surface area (Å²) in [6.07, 6.45) is 5.15. The number of hydrogen-bond donors (Lipinski definition) is 2. The first kappa shape index (κ1) is 22.3. The molecule has 0 saturated heterocycles. The summed E-state index contributed by atoms with van der Waals surface area (Å²) in [5.41, 5.74) is 2.79. The predicted octanol–water partition coefficient (Wildman–Crippen LogP) is 4.77. The maximum atomic E-state index is 10.5. The average Bonchev–Trinajstić information content (AvgIpc) is 2.52. The van der Waals surface area contributed by atoms with Crippen LogP contribution < -0.4 is 0 Å². The topological polar surface area (TPSA) is 66.8 Å². The Morgan fingerprint density at radius 2 is 1.74 bits per heavy atom. The van der Waals surface area contributed by atoms with E-state index in [2.05, 4.69) is 31.2 Å². The Kier molecular flexibility index (Phi) is 12.4. The Hall–Kier alpha value is -0.660. The van der Waals surface area contributed by atoms with Gasteiger partial charge in [-0.05, 0) is 56.6 Å². The summed E-state index contributed by atoms with van der Waals surface area (Å²) in [4.78, 5) is 10.5. The van der Waals surface area contributed by atoms with Gasteiger partial charge in [0.1, 0.15) is 0 Å². The largest absolute Gasteiger partial charge is 0.458 e. The Bertz CT molecular complexity index is 440. The zero-order valence-corrected chi connectivity index (χ0v) is 16.5. The van der Waals surface area contributed by atoms with E-state index in [0.717, 1.165) is 25.7 Å². The van der Waals surface area contributed by atoms with Gasteiger partial charge in [-0.3, -0.25) is 0 Å². The summed E-state index contributed by atoms with van der Waals surface area (Å²) < 4.78 is 4.65. The van der Waals surface area contributed by atoms with Crippen molar-refractivity contribution in [3.05, 3.63) is 35.4 Å². The van der Waals surface area contributed by atoms with E-state index in [9.17, 15) is 4.79 Å². The molecule has 0 aromatic heterocycles. The first-order valence-electron chi connectivity index (χ1n) is 8.14. The van der Waals surface area contributed by atoms with Crippen LogP contribution in [0.5, 0.6) is 0 Å². The van der Waals surface area contributed by atoms with Crippen molar-refractivity contribution >= 4 is 26.6 Å². The molecule has 2 N–H and O–H groups in total. The van der Waals surface area contributed by atoms with Crippen LogP contribution in [0, 0.1) is 6.92 Å². The SMILES string of the molecule is CCC(O)(O)CC.Cc1ccccc1CCCCCOC(=O)I. The van der Waals surface area contributed by atoms with Gasteiger partial charge in [0.25, 0.3) is 0 Å². The highest BCUT2D eigenvalue weighted by molar-refractivity contribution is 14.1. The molecule has 5 heteroatoms. The van der Waals surface area contributed by atoms with Crippen molar-refractivity contribution in [2.75, 3.05) is 6.61 Å². The number of benzene rings is 1. The van der Waals surface area contributed by atoms with Gasteiger partial charge in [-0.15, -0.1) is 0 Å². The van der Waals surface area contributed by atoms with Crippen LogP contribution >= 0.6 is 22.6 Å². The molecule has 0 saturated carbocycles. The average molecular weight is 436 g/mol. The minimum Gasteiger partial charge on any atom is -0.458 e. The lowest BCUT2D eigenvalue weighted by atomic mass is 10.0. The number of ether oxygens (including phenoxy) is 1. The number of halogens is 1. The Morgan fingerprint density at radius 3 is 2.22 bits per heavy atom. The zero-order valence-electron chi connectivity index (χ0n) is 14.3. The Balaban J connectivity index is 0.000000585. The third kappa shape index (κ3) is 12.4. The fourth-order valence-electron chi connectivity index (χ4n) is 1.89. The number of unbranched alkanes of at least 4 members (excludes halogenated alkanes) is 2. The van der Waals surface area contributed by atoms with Gasteiger partial charge in [-0.2, -0.15) is 0 Å². The van der Waals surface area contributed by atoms with Gasteiger partial charge >= 0.3 is 3.98 Å². The van der Waals surface area contributed by atoms with Gasteiger partial charge in [0.15, 0.2) is 5.79 Å². The second-order valence-electron chi connectivity index (χ2n) is 5.51. The van der Waals surface area contributed by atoms with E-state index in [-0.39, 0.29) is 3.98 Å². The summed E-state index contributed by atoms with van der Waals surface area (Å²) in [6, 6.07) is 8.48. The Labute approximate surface area is 153 Å². The summed E-state index contributed by atoms with van der Waals surface area (Å²) in [5, 5.41) is 17.4. The van der Waals surface area contributed by atoms with E-state index in [4.69, 9.17) is 14.9 Å². The first-order chi connectivity index (χ1) is 10.8. The van der Waals surface area contributed by atoms with E-state index in [1.54, 1.807) is 36.4 Å². The summed E-state index contributed by atoms with van der Waals surface area (Å²) in [6.45, 7) is 6.18. The lowest BCUT2D eigenvalue weighted by Gasteiger charge is -2.15. The molecular weight excluding hydrogens is 407 g/mol. The molecular formula is C18H29IO4. The molecule has 132 valence electrons. The first-order valence-corrected chi connectivity index (χ1v) is 9.21. The molecule has 0 aliphatic heterocycles. The lowest BCUT2D eigenvalue weighted by molar-refractivity contribution is -0.163. The number of carbonyl (C=O) groups is 1. The number of aliphatic hydroxyl groups is 2. The van der Waals surface area contributed by atoms with E-state index in [0.29, 0.717) is 19.4 Å². The van der Waals surface area contributed by atoms with Crippen LogP contribution in [0.1, 0.15) is 57.1 Å². The van der Waals surface area contributed by atoms with Gasteiger partial charge in [0.05, 0.1) is 29.2 Å². The van der Waals surface area contributed by atoms with Crippen molar-refractivity contribution in [2.24, 2.45) is 0 Å². The summed E-state index contributed by atoms with van der Waals surface area (Å²) in [7, 11) is 0. The van der Waals surface area contributed by atoms with E-state index >= 15 is 0 Å². The third-order valence-electron chi connectivity index (χ3n) is 3.70. The van der Waals surface area contributed by atoms with Crippen molar-refractivity contribution in [1.82, 2.24) is 0 Å². The molecule has 0 aliphatic carbocycles. The highest BCUT2D eigenvalue weighted by Gasteiger charge is 2.15. The molecule has 1 aromatic carbocycles. The molecule has 1 rings (SSSR count). The van der Waals surface area contributed by atoms with Gasteiger partial charge in [-0.25, -0.2) is 4.79 Å². The molecule has 0 bridgehead atoms. The van der Waals surface area contributed by atoms with Crippen LogP contribution in [-0.4, -0.2) is 26.6 Å². The van der Waals surface area contributed by atoms with Crippen molar-refractivity contribution < 1.29 is 19.7 Å². The molecule has 0 heterocycles. The van der Waals surface area contributed by atoms with Crippen LogP contribution in [0.15, 0.2) is 24.3 Å². The fraction of sp³-hybridized carbons (Fsp3) is 0.611. The van der Waals surface area contributed by atoms with Crippen LogP contribution in [0.3, 0.4) is 0 Å². The molecule has 0 amide bonds. The fourth-order valence-corrected chi connectivity index (χ4v) is 2.11. The monoisotopic (exact) mass is 436 g/mol.